The zero-order valence-electron chi connectivity index (χ0n) is 10.5. The van der Waals surface area contributed by atoms with Crippen molar-refractivity contribution in [2.45, 2.75) is 34.6 Å². The quantitative estimate of drug-likeness (QED) is 0.614. The van der Waals surface area contributed by atoms with Crippen molar-refractivity contribution in [3.8, 4) is 0 Å². The summed E-state index contributed by atoms with van der Waals surface area (Å²) >= 11 is 0. The van der Waals surface area contributed by atoms with Crippen molar-refractivity contribution in [2.75, 3.05) is 6.54 Å². The molecule has 0 aliphatic carbocycles. The summed E-state index contributed by atoms with van der Waals surface area (Å²) in [4.78, 5) is 4.60. The van der Waals surface area contributed by atoms with Gasteiger partial charge >= 0.3 is 0 Å². The first-order valence-electron chi connectivity index (χ1n) is 5.81. The van der Waals surface area contributed by atoms with Gasteiger partial charge in [0.05, 0.1) is 5.36 Å². The molecular formula is C14H21N. The first kappa shape index (κ1) is 12.0. The van der Waals surface area contributed by atoms with E-state index in [0.29, 0.717) is 5.92 Å². The number of aryl methyl sites for hydroxylation is 1. The van der Waals surface area contributed by atoms with E-state index in [9.17, 15) is 0 Å². The van der Waals surface area contributed by atoms with Gasteiger partial charge in [0.25, 0.3) is 0 Å². The topological polar surface area (TPSA) is 12.4 Å². The number of para-hydroxylation sites is 1. The summed E-state index contributed by atoms with van der Waals surface area (Å²) in [6.45, 7) is 11.5. The second-order valence-electron chi connectivity index (χ2n) is 3.90. The predicted octanol–water partition coefficient (Wildman–Crippen LogP) is 2.46. The van der Waals surface area contributed by atoms with Crippen LogP contribution in [0.1, 0.15) is 33.3 Å². The van der Waals surface area contributed by atoms with E-state index >= 15 is 0 Å². The SMILES string of the molecule is CC.CC1=c2cccc(C)c2=NCC1C. The Labute approximate surface area is 92.6 Å². The fourth-order valence-electron chi connectivity index (χ4n) is 1.82. The van der Waals surface area contributed by atoms with Crippen LogP contribution < -0.4 is 10.6 Å². The van der Waals surface area contributed by atoms with Crippen LogP contribution >= 0.6 is 0 Å². The van der Waals surface area contributed by atoms with Crippen molar-refractivity contribution in [1.82, 2.24) is 0 Å². The smallest absolute Gasteiger partial charge is 0.0675 e. The Balaban J connectivity index is 0.000000531. The lowest BCUT2D eigenvalue weighted by Crippen LogP contribution is -2.35. The van der Waals surface area contributed by atoms with Gasteiger partial charge in [-0.15, -0.1) is 0 Å². The fourth-order valence-corrected chi connectivity index (χ4v) is 1.82. The molecule has 0 N–H and O–H groups in total. The number of rotatable bonds is 0. The van der Waals surface area contributed by atoms with Crippen LogP contribution in [0.4, 0.5) is 0 Å². The van der Waals surface area contributed by atoms with Gasteiger partial charge in [-0.2, -0.15) is 0 Å². The predicted molar refractivity (Wildman–Crippen MR) is 66.4 cm³/mol. The van der Waals surface area contributed by atoms with Gasteiger partial charge in [0.1, 0.15) is 0 Å². The van der Waals surface area contributed by atoms with Crippen molar-refractivity contribution in [2.24, 2.45) is 10.9 Å². The molecule has 82 valence electrons. The molecule has 0 saturated heterocycles. The Hall–Kier alpha value is -1.11. The fraction of sp³-hybridized carbons (Fsp3) is 0.500. The van der Waals surface area contributed by atoms with Crippen LogP contribution in [0.3, 0.4) is 0 Å². The first-order valence-corrected chi connectivity index (χ1v) is 5.81. The Morgan fingerprint density at radius 2 is 1.87 bits per heavy atom. The summed E-state index contributed by atoms with van der Waals surface area (Å²) in [5.74, 6) is 0.606. The summed E-state index contributed by atoms with van der Waals surface area (Å²) in [7, 11) is 0. The van der Waals surface area contributed by atoms with Crippen molar-refractivity contribution in [1.29, 1.82) is 0 Å². The summed E-state index contributed by atoms with van der Waals surface area (Å²) in [5, 5.41) is 2.55. The molecule has 0 saturated carbocycles. The van der Waals surface area contributed by atoms with Crippen LogP contribution in [0.5, 0.6) is 0 Å². The van der Waals surface area contributed by atoms with E-state index in [1.165, 1.54) is 21.7 Å². The zero-order chi connectivity index (χ0) is 11.4. The van der Waals surface area contributed by atoms with Gasteiger partial charge in [-0.1, -0.05) is 44.5 Å². The van der Waals surface area contributed by atoms with Crippen molar-refractivity contribution >= 4 is 5.57 Å². The zero-order valence-corrected chi connectivity index (χ0v) is 10.5. The largest absolute Gasteiger partial charge is 0.284 e. The molecular weight excluding hydrogens is 182 g/mol. The van der Waals surface area contributed by atoms with Crippen molar-refractivity contribution in [3.63, 3.8) is 0 Å². The lowest BCUT2D eigenvalue weighted by atomic mass is 9.96. The maximum absolute atomic E-state index is 4.60. The average Bonchev–Trinajstić information content (AvgIpc) is 2.27. The highest BCUT2D eigenvalue weighted by Gasteiger charge is 2.09. The number of benzene rings is 1. The molecule has 1 atom stereocenters. The third-order valence-electron chi connectivity index (χ3n) is 2.93. The lowest BCUT2D eigenvalue weighted by molar-refractivity contribution is 0.717. The molecule has 15 heavy (non-hydrogen) atoms. The van der Waals surface area contributed by atoms with Crippen LogP contribution in [0.2, 0.25) is 0 Å². The summed E-state index contributed by atoms with van der Waals surface area (Å²) < 4.78 is 0. The maximum atomic E-state index is 4.60. The molecule has 0 aromatic heterocycles. The Morgan fingerprint density at radius 1 is 1.20 bits per heavy atom. The van der Waals surface area contributed by atoms with Gasteiger partial charge < -0.3 is 0 Å². The molecule has 0 spiro atoms. The monoisotopic (exact) mass is 203 g/mol. The number of fused-ring (bicyclic) bond motifs is 1. The highest BCUT2D eigenvalue weighted by atomic mass is 14.7. The highest BCUT2D eigenvalue weighted by Crippen LogP contribution is 2.10. The molecule has 1 aromatic carbocycles. The first-order chi connectivity index (χ1) is 7.20. The van der Waals surface area contributed by atoms with Crippen LogP contribution in [0.15, 0.2) is 23.2 Å². The summed E-state index contributed by atoms with van der Waals surface area (Å²) in [6, 6.07) is 6.42. The Bertz CT molecular complexity index is 443. The normalized spacial score (nSPS) is 18.5. The van der Waals surface area contributed by atoms with Crippen LogP contribution in [0.25, 0.3) is 5.57 Å². The number of nitrogens with zero attached hydrogens (tertiary/aromatic N) is 1. The van der Waals surface area contributed by atoms with E-state index in [4.69, 9.17) is 0 Å². The molecule has 1 nitrogen and oxygen atoms in total. The molecule has 0 bridgehead atoms. The van der Waals surface area contributed by atoms with Gasteiger partial charge in [0.15, 0.2) is 0 Å². The van der Waals surface area contributed by atoms with E-state index in [1.54, 1.807) is 0 Å². The molecule has 1 aliphatic rings. The molecule has 1 unspecified atom stereocenters. The number of hydrogen-bond acceptors (Lipinski definition) is 1. The Kier molecular flexibility index (Phi) is 4.07. The molecule has 0 fully saturated rings. The van der Waals surface area contributed by atoms with Gasteiger partial charge in [-0.05, 0) is 30.5 Å². The standard InChI is InChI=1S/C12H15N.C2H6/c1-8-5-4-6-11-10(3)9(2)7-13-12(8)11;1-2/h4-6,9H,7H2,1-3H3;1-2H3. The molecule has 1 heterocycles. The number of hydrogen-bond donors (Lipinski definition) is 0. The minimum atomic E-state index is 0.606. The van der Waals surface area contributed by atoms with E-state index in [0.717, 1.165) is 6.54 Å². The van der Waals surface area contributed by atoms with Crippen LogP contribution in [-0.2, 0) is 0 Å². The van der Waals surface area contributed by atoms with Gasteiger partial charge in [0.2, 0.25) is 0 Å². The minimum absolute atomic E-state index is 0.606. The van der Waals surface area contributed by atoms with Crippen molar-refractivity contribution in [3.05, 3.63) is 34.3 Å². The van der Waals surface area contributed by atoms with E-state index in [1.807, 2.05) is 13.8 Å². The van der Waals surface area contributed by atoms with Gasteiger partial charge in [0, 0.05) is 6.54 Å². The van der Waals surface area contributed by atoms with Crippen LogP contribution in [-0.4, -0.2) is 6.54 Å². The molecule has 2 rings (SSSR count). The van der Waals surface area contributed by atoms with E-state index < -0.39 is 0 Å². The van der Waals surface area contributed by atoms with Gasteiger partial charge in [-0.3, -0.25) is 4.99 Å². The third-order valence-corrected chi connectivity index (χ3v) is 2.93. The summed E-state index contributed by atoms with van der Waals surface area (Å²) in [5.41, 5.74) is 2.78. The van der Waals surface area contributed by atoms with E-state index in [-0.39, 0.29) is 0 Å². The Morgan fingerprint density at radius 3 is 2.53 bits per heavy atom. The summed E-state index contributed by atoms with van der Waals surface area (Å²) in [6.07, 6.45) is 0. The van der Waals surface area contributed by atoms with Gasteiger partial charge in [-0.25, -0.2) is 0 Å². The molecule has 1 aliphatic heterocycles. The van der Waals surface area contributed by atoms with Crippen molar-refractivity contribution < 1.29 is 0 Å². The average molecular weight is 203 g/mol. The minimum Gasteiger partial charge on any atom is -0.284 e. The maximum Gasteiger partial charge on any atom is 0.0675 e. The second-order valence-corrected chi connectivity index (χ2v) is 3.90. The van der Waals surface area contributed by atoms with Crippen LogP contribution in [0, 0.1) is 12.8 Å². The second kappa shape index (κ2) is 5.11. The molecule has 0 radical (unpaired) electrons. The van der Waals surface area contributed by atoms with E-state index in [2.05, 4.69) is 44.0 Å². The highest BCUT2D eigenvalue weighted by molar-refractivity contribution is 5.46. The molecule has 1 heteroatoms. The molecule has 1 aromatic rings. The third kappa shape index (κ3) is 2.28. The molecule has 0 amide bonds. The lowest BCUT2D eigenvalue weighted by Gasteiger charge is -2.14.